The minimum atomic E-state index is -0.514. The molecular formula is C26H28N6O4. The Labute approximate surface area is 207 Å². The minimum Gasteiger partial charge on any atom is -0.466 e. The second kappa shape index (κ2) is 10.0. The number of primary amides is 1. The third kappa shape index (κ3) is 4.97. The SMILES string of the molecule is Cc1cc(-c2cc(C(=O)Nc3ccccc3C(=O)NCCC(N)=O)c3cnn(C(C)C)c3n2)c(C)o1. The number of pyridine rings is 1. The molecule has 36 heavy (non-hydrogen) atoms. The van der Waals surface area contributed by atoms with Crippen molar-refractivity contribution in [3.05, 3.63) is 65.2 Å². The Hall–Kier alpha value is -4.47. The maximum absolute atomic E-state index is 13.6. The van der Waals surface area contributed by atoms with Gasteiger partial charge in [-0.3, -0.25) is 14.4 Å². The van der Waals surface area contributed by atoms with Crippen LogP contribution in [-0.4, -0.2) is 39.0 Å². The summed E-state index contributed by atoms with van der Waals surface area (Å²) >= 11 is 0. The van der Waals surface area contributed by atoms with Crippen LogP contribution in [0.5, 0.6) is 0 Å². The Morgan fingerprint density at radius 1 is 1.08 bits per heavy atom. The summed E-state index contributed by atoms with van der Waals surface area (Å²) in [6.45, 7) is 7.78. The Morgan fingerprint density at radius 3 is 2.50 bits per heavy atom. The molecule has 0 atom stereocenters. The number of anilines is 1. The minimum absolute atomic E-state index is 0.0186. The number of carbonyl (C=O) groups is 3. The van der Waals surface area contributed by atoms with Crippen LogP contribution in [0.1, 0.15) is 58.5 Å². The zero-order chi connectivity index (χ0) is 26.0. The van der Waals surface area contributed by atoms with Gasteiger partial charge in [-0.05, 0) is 52.0 Å². The zero-order valence-corrected chi connectivity index (χ0v) is 20.6. The van der Waals surface area contributed by atoms with Gasteiger partial charge in [-0.1, -0.05) is 12.1 Å². The van der Waals surface area contributed by atoms with E-state index in [2.05, 4.69) is 15.7 Å². The number of nitrogens with two attached hydrogens (primary N) is 1. The molecule has 186 valence electrons. The van der Waals surface area contributed by atoms with Crippen LogP contribution in [0.3, 0.4) is 0 Å². The summed E-state index contributed by atoms with van der Waals surface area (Å²) in [5, 5.41) is 10.5. The summed E-state index contributed by atoms with van der Waals surface area (Å²) in [6, 6.07) is 10.3. The van der Waals surface area contributed by atoms with Crippen molar-refractivity contribution in [2.45, 2.75) is 40.2 Å². The number of nitrogens with one attached hydrogen (secondary N) is 2. The second-order valence-electron chi connectivity index (χ2n) is 8.77. The lowest BCUT2D eigenvalue weighted by atomic mass is 10.1. The summed E-state index contributed by atoms with van der Waals surface area (Å²) in [7, 11) is 0. The fourth-order valence-corrected chi connectivity index (χ4v) is 3.98. The lowest BCUT2D eigenvalue weighted by molar-refractivity contribution is -0.117. The molecule has 4 aromatic rings. The molecule has 0 aliphatic carbocycles. The number of aromatic nitrogens is 3. The normalized spacial score (nSPS) is 11.1. The van der Waals surface area contributed by atoms with E-state index in [-0.39, 0.29) is 24.6 Å². The van der Waals surface area contributed by atoms with Crippen LogP contribution in [0.4, 0.5) is 5.69 Å². The topological polar surface area (TPSA) is 145 Å². The van der Waals surface area contributed by atoms with Gasteiger partial charge in [0.05, 0.1) is 34.1 Å². The Bertz CT molecular complexity index is 1470. The largest absolute Gasteiger partial charge is 0.466 e. The molecule has 0 saturated heterocycles. The number of rotatable bonds is 8. The van der Waals surface area contributed by atoms with Crippen LogP contribution < -0.4 is 16.4 Å². The van der Waals surface area contributed by atoms with Crippen molar-refractivity contribution in [2.24, 2.45) is 5.73 Å². The average molecular weight is 489 g/mol. The predicted octanol–water partition coefficient (Wildman–Crippen LogP) is 3.75. The second-order valence-corrected chi connectivity index (χ2v) is 8.77. The van der Waals surface area contributed by atoms with E-state index in [1.807, 2.05) is 33.8 Å². The molecule has 0 radical (unpaired) electrons. The molecule has 0 spiro atoms. The molecule has 0 saturated carbocycles. The van der Waals surface area contributed by atoms with Crippen LogP contribution in [-0.2, 0) is 4.79 Å². The maximum atomic E-state index is 13.6. The number of fused-ring (bicyclic) bond motifs is 1. The number of hydrogen-bond acceptors (Lipinski definition) is 6. The van der Waals surface area contributed by atoms with E-state index in [1.165, 1.54) is 0 Å². The number of nitrogens with zero attached hydrogens (tertiary/aromatic N) is 3. The molecule has 10 heteroatoms. The molecule has 10 nitrogen and oxygen atoms in total. The average Bonchev–Trinajstić information content (AvgIpc) is 3.40. The molecule has 1 aromatic carbocycles. The molecule has 4 N–H and O–H groups in total. The number of aryl methyl sites for hydroxylation is 2. The number of amides is 3. The van der Waals surface area contributed by atoms with Crippen molar-refractivity contribution in [3.63, 3.8) is 0 Å². The van der Waals surface area contributed by atoms with Gasteiger partial charge in [0.15, 0.2) is 5.65 Å². The number of carbonyl (C=O) groups excluding carboxylic acids is 3. The Morgan fingerprint density at radius 2 is 1.83 bits per heavy atom. The van der Waals surface area contributed by atoms with E-state index in [4.69, 9.17) is 15.1 Å². The van der Waals surface area contributed by atoms with Crippen LogP contribution in [0.25, 0.3) is 22.3 Å². The van der Waals surface area contributed by atoms with Gasteiger partial charge in [0, 0.05) is 24.6 Å². The molecular weight excluding hydrogens is 460 g/mol. The summed E-state index contributed by atoms with van der Waals surface area (Å²) in [5.41, 5.74) is 8.05. The quantitative estimate of drug-likeness (QED) is 0.344. The third-order valence-electron chi connectivity index (χ3n) is 5.69. The van der Waals surface area contributed by atoms with Crippen molar-refractivity contribution < 1.29 is 18.8 Å². The molecule has 3 heterocycles. The first-order valence-corrected chi connectivity index (χ1v) is 11.6. The van der Waals surface area contributed by atoms with Crippen molar-refractivity contribution in [2.75, 3.05) is 11.9 Å². The number of furan rings is 1. The van der Waals surface area contributed by atoms with Crippen LogP contribution in [0.2, 0.25) is 0 Å². The van der Waals surface area contributed by atoms with Gasteiger partial charge in [0.25, 0.3) is 11.8 Å². The van der Waals surface area contributed by atoms with Gasteiger partial charge in [0.2, 0.25) is 5.91 Å². The molecule has 0 bridgehead atoms. The first kappa shape index (κ1) is 24.6. The summed E-state index contributed by atoms with van der Waals surface area (Å²) < 4.78 is 7.45. The standard InChI is InChI=1S/C26H28N6O4/c1-14(2)32-24-20(13-29-32)19(12-22(30-24)18-11-15(3)36-16(18)4)26(35)31-21-8-6-5-7-17(21)25(34)28-10-9-23(27)33/h5-8,11-14H,9-10H2,1-4H3,(H2,27,33)(H,28,34)(H,31,35). The van der Waals surface area contributed by atoms with Crippen molar-refractivity contribution in [1.82, 2.24) is 20.1 Å². The fraction of sp³-hybridized carbons (Fsp3) is 0.269. The van der Waals surface area contributed by atoms with Crippen LogP contribution >= 0.6 is 0 Å². The highest BCUT2D eigenvalue weighted by Gasteiger charge is 2.22. The molecule has 0 unspecified atom stereocenters. The molecule has 0 aliphatic heterocycles. The Kier molecular flexibility index (Phi) is 6.86. The van der Waals surface area contributed by atoms with Crippen molar-refractivity contribution in [3.8, 4) is 11.3 Å². The fourth-order valence-electron chi connectivity index (χ4n) is 3.98. The molecule has 4 rings (SSSR count). The first-order chi connectivity index (χ1) is 17.2. The molecule has 3 amide bonds. The third-order valence-corrected chi connectivity index (χ3v) is 5.69. The van der Waals surface area contributed by atoms with Crippen LogP contribution in [0, 0.1) is 13.8 Å². The molecule has 0 aliphatic rings. The van der Waals surface area contributed by atoms with Gasteiger partial charge in [-0.15, -0.1) is 0 Å². The smallest absolute Gasteiger partial charge is 0.256 e. The predicted molar refractivity (Wildman–Crippen MR) is 136 cm³/mol. The van der Waals surface area contributed by atoms with Crippen molar-refractivity contribution >= 4 is 34.4 Å². The maximum Gasteiger partial charge on any atom is 0.256 e. The molecule has 0 fully saturated rings. The lowest BCUT2D eigenvalue weighted by Gasteiger charge is -2.13. The number of para-hydroxylation sites is 1. The van der Waals surface area contributed by atoms with Crippen LogP contribution in [0.15, 0.2) is 47.0 Å². The van der Waals surface area contributed by atoms with Gasteiger partial charge in [0.1, 0.15) is 11.5 Å². The first-order valence-electron chi connectivity index (χ1n) is 11.6. The highest BCUT2D eigenvalue weighted by Crippen LogP contribution is 2.30. The van der Waals surface area contributed by atoms with E-state index in [9.17, 15) is 14.4 Å². The summed E-state index contributed by atoms with van der Waals surface area (Å²) in [4.78, 5) is 42.0. The van der Waals surface area contributed by atoms with E-state index in [1.54, 1.807) is 41.2 Å². The van der Waals surface area contributed by atoms with E-state index >= 15 is 0 Å². The molecule has 3 aromatic heterocycles. The lowest BCUT2D eigenvalue weighted by Crippen LogP contribution is -2.28. The number of benzene rings is 1. The summed E-state index contributed by atoms with van der Waals surface area (Å²) in [6.07, 6.45) is 1.64. The van der Waals surface area contributed by atoms with E-state index in [0.29, 0.717) is 33.7 Å². The highest BCUT2D eigenvalue weighted by molar-refractivity contribution is 6.14. The number of hydrogen-bond donors (Lipinski definition) is 3. The van der Waals surface area contributed by atoms with Gasteiger partial charge in [-0.2, -0.15) is 5.10 Å². The van der Waals surface area contributed by atoms with Gasteiger partial charge < -0.3 is 20.8 Å². The van der Waals surface area contributed by atoms with Gasteiger partial charge in [-0.25, -0.2) is 9.67 Å². The van der Waals surface area contributed by atoms with E-state index < -0.39 is 17.7 Å². The van der Waals surface area contributed by atoms with Gasteiger partial charge >= 0.3 is 0 Å². The summed E-state index contributed by atoms with van der Waals surface area (Å²) in [5.74, 6) is 0.0785. The highest BCUT2D eigenvalue weighted by atomic mass is 16.3. The zero-order valence-electron chi connectivity index (χ0n) is 20.6. The van der Waals surface area contributed by atoms with E-state index in [0.717, 1.165) is 11.3 Å². The monoisotopic (exact) mass is 488 g/mol. The van der Waals surface area contributed by atoms with Crippen molar-refractivity contribution in [1.29, 1.82) is 0 Å². The Balaban J connectivity index is 1.73.